The summed E-state index contributed by atoms with van der Waals surface area (Å²) < 4.78 is 18.3. The smallest absolute Gasteiger partial charge is 0.142 e. The minimum atomic E-state index is -0.396. The van der Waals surface area contributed by atoms with Crippen LogP contribution in [0, 0.1) is 5.82 Å². The van der Waals surface area contributed by atoms with E-state index in [4.69, 9.17) is 16.3 Å². The molecule has 19 heavy (non-hydrogen) atoms. The molecule has 0 amide bonds. The van der Waals surface area contributed by atoms with E-state index in [1.54, 1.807) is 25.3 Å². The zero-order chi connectivity index (χ0) is 13.8. The molecule has 0 aliphatic carbocycles. The third-order valence-corrected chi connectivity index (χ3v) is 2.91. The standard InChI is InChI=1S/C14H13ClFNO2/c1-19-14-5-2-10(15)7-12(14)17-8-9-6-11(16)3-4-13(9)18/h2-7,17-18H,8H2,1H3. The van der Waals surface area contributed by atoms with Crippen LogP contribution in [0.1, 0.15) is 5.56 Å². The number of benzene rings is 2. The number of phenolic OH excluding ortho intramolecular Hbond substituents is 1. The molecule has 0 saturated heterocycles. The van der Waals surface area contributed by atoms with Crippen LogP contribution >= 0.6 is 11.6 Å². The zero-order valence-corrected chi connectivity index (χ0v) is 11.0. The van der Waals surface area contributed by atoms with E-state index in [2.05, 4.69) is 5.32 Å². The second kappa shape index (κ2) is 5.80. The molecular weight excluding hydrogens is 269 g/mol. The first-order valence-corrected chi connectivity index (χ1v) is 6.03. The van der Waals surface area contributed by atoms with Crippen molar-refractivity contribution in [1.29, 1.82) is 0 Å². The number of rotatable bonds is 4. The average molecular weight is 282 g/mol. The molecule has 0 spiro atoms. The molecule has 0 aliphatic rings. The molecule has 0 radical (unpaired) electrons. The molecule has 2 aromatic carbocycles. The van der Waals surface area contributed by atoms with Gasteiger partial charge in [0.1, 0.15) is 17.3 Å². The number of nitrogens with one attached hydrogen (secondary N) is 1. The van der Waals surface area contributed by atoms with Crippen LogP contribution in [-0.2, 0) is 6.54 Å². The van der Waals surface area contributed by atoms with E-state index in [9.17, 15) is 9.50 Å². The van der Waals surface area contributed by atoms with E-state index < -0.39 is 5.82 Å². The van der Waals surface area contributed by atoms with Crippen molar-refractivity contribution in [3.63, 3.8) is 0 Å². The predicted octanol–water partition coefficient (Wildman–Crippen LogP) is 3.81. The monoisotopic (exact) mass is 281 g/mol. The first-order valence-electron chi connectivity index (χ1n) is 5.65. The van der Waals surface area contributed by atoms with Gasteiger partial charge in [0, 0.05) is 17.1 Å². The largest absolute Gasteiger partial charge is 0.508 e. The Kier molecular flexibility index (Phi) is 4.12. The van der Waals surface area contributed by atoms with Gasteiger partial charge in [0.2, 0.25) is 0 Å². The van der Waals surface area contributed by atoms with Gasteiger partial charge in [-0.3, -0.25) is 0 Å². The fourth-order valence-corrected chi connectivity index (χ4v) is 1.88. The fourth-order valence-electron chi connectivity index (χ4n) is 1.70. The molecule has 0 bridgehead atoms. The lowest BCUT2D eigenvalue weighted by atomic mass is 10.2. The van der Waals surface area contributed by atoms with Crippen LogP contribution < -0.4 is 10.1 Å². The first-order chi connectivity index (χ1) is 9.10. The van der Waals surface area contributed by atoms with Gasteiger partial charge in [-0.25, -0.2) is 4.39 Å². The van der Waals surface area contributed by atoms with Gasteiger partial charge in [-0.05, 0) is 36.4 Å². The molecule has 0 saturated carbocycles. The molecule has 100 valence electrons. The highest BCUT2D eigenvalue weighted by Gasteiger charge is 2.06. The molecule has 0 atom stereocenters. The normalized spacial score (nSPS) is 10.3. The topological polar surface area (TPSA) is 41.5 Å². The second-order valence-electron chi connectivity index (χ2n) is 3.97. The van der Waals surface area contributed by atoms with Crippen LogP contribution in [0.15, 0.2) is 36.4 Å². The van der Waals surface area contributed by atoms with E-state index >= 15 is 0 Å². The minimum Gasteiger partial charge on any atom is -0.508 e. The van der Waals surface area contributed by atoms with Crippen molar-refractivity contribution < 1.29 is 14.2 Å². The van der Waals surface area contributed by atoms with Crippen LogP contribution in [0.25, 0.3) is 0 Å². The lowest BCUT2D eigenvalue weighted by molar-refractivity contribution is 0.416. The number of hydrogen-bond donors (Lipinski definition) is 2. The van der Waals surface area contributed by atoms with Crippen LogP contribution in [0.5, 0.6) is 11.5 Å². The average Bonchev–Trinajstić information content (AvgIpc) is 2.40. The summed E-state index contributed by atoms with van der Waals surface area (Å²) in [5.41, 5.74) is 1.14. The van der Waals surface area contributed by atoms with Crippen molar-refractivity contribution in [1.82, 2.24) is 0 Å². The Morgan fingerprint density at radius 2 is 2.05 bits per heavy atom. The van der Waals surface area contributed by atoms with Crippen molar-refractivity contribution >= 4 is 17.3 Å². The molecule has 0 fully saturated rings. The van der Waals surface area contributed by atoms with E-state index in [1.165, 1.54) is 18.2 Å². The molecule has 2 N–H and O–H groups in total. The highest BCUT2D eigenvalue weighted by molar-refractivity contribution is 6.30. The van der Waals surface area contributed by atoms with Crippen LogP contribution in [-0.4, -0.2) is 12.2 Å². The van der Waals surface area contributed by atoms with E-state index in [-0.39, 0.29) is 12.3 Å². The number of phenols is 1. The Bertz CT molecular complexity index is 590. The van der Waals surface area contributed by atoms with Crippen LogP contribution in [0.4, 0.5) is 10.1 Å². The third kappa shape index (κ3) is 3.29. The van der Waals surface area contributed by atoms with Gasteiger partial charge in [-0.1, -0.05) is 11.6 Å². The molecule has 0 aromatic heterocycles. The molecule has 2 aromatic rings. The summed E-state index contributed by atoms with van der Waals surface area (Å²) in [4.78, 5) is 0. The fraction of sp³-hybridized carbons (Fsp3) is 0.143. The second-order valence-corrected chi connectivity index (χ2v) is 4.41. The number of halogens is 2. The Hall–Kier alpha value is -1.94. The van der Waals surface area contributed by atoms with Crippen molar-refractivity contribution in [2.45, 2.75) is 6.54 Å². The van der Waals surface area contributed by atoms with E-state index in [1.807, 2.05) is 0 Å². The van der Waals surface area contributed by atoms with Gasteiger partial charge < -0.3 is 15.2 Å². The van der Waals surface area contributed by atoms with Gasteiger partial charge in [-0.15, -0.1) is 0 Å². The highest BCUT2D eigenvalue weighted by atomic mass is 35.5. The number of aromatic hydroxyl groups is 1. The first kappa shape index (κ1) is 13.5. The molecular formula is C14H13ClFNO2. The highest BCUT2D eigenvalue weighted by Crippen LogP contribution is 2.29. The van der Waals surface area contributed by atoms with Crippen LogP contribution in [0.3, 0.4) is 0 Å². The summed E-state index contributed by atoms with van der Waals surface area (Å²) in [6.07, 6.45) is 0. The summed E-state index contributed by atoms with van der Waals surface area (Å²) in [6, 6.07) is 8.96. The van der Waals surface area contributed by atoms with Crippen molar-refractivity contribution in [2.24, 2.45) is 0 Å². The summed E-state index contributed by atoms with van der Waals surface area (Å²) in [7, 11) is 1.55. The summed E-state index contributed by atoms with van der Waals surface area (Å²) >= 11 is 5.91. The van der Waals surface area contributed by atoms with Gasteiger partial charge in [0.15, 0.2) is 0 Å². The third-order valence-electron chi connectivity index (χ3n) is 2.67. The van der Waals surface area contributed by atoms with Gasteiger partial charge in [0.05, 0.1) is 12.8 Å². The Morgan fingerprint density at radius 3 is 2.79 bits per heavy atom. The molecule has 3 nitrogen and oxygen atoms in total. The van der Waals surface area contributed by atoms with Gasteiger partial charge in [-0.2, -0.15) is 0 Å². The van der Waals surface area contributed by atoms with E-state index in [0.29, 0.717) is 22.0 Å². The number of methoxy groups -OCH3 is 1. The Balaban J connectivity index is 2.18. The van der Waals surface area contributed by atoms with Crippen molar-refractivity contribution in [3.8, 4) is 11.5 Å². The summed E-state index contributed by atoms with van der Waals surface area (Å²) in [5.74, 6) is 0.267. The quantitative estimate of drug-likeness (QED) is 0.895. The van der Waals surface area contributed by atoms with Gasteiger partial charge in [0.25, 0.3) is 0 Å². The summed E-state index contributed by atoms with van der Waals surface area (Å²) in [5, 5.41) is 13.2. The lowest BCUT2D eigenvalue weighted by Gasteiger charge is -2.12. The minimum absolute atomic E-state index is 0.0369. The maximum absolute atomic E-state index is 13.1. The molecule has 5 heteroatoms. The number of hydrogen-bond acceptors (Lipinski definition) is 3. The van der Waals surface area contributed by atoms with Crippen LogP contribution in [0.2, 0.25) is 5.02 Å². The van der Waals surface area contributed by atoms with E-state index in [0.717, 1.165) is 0 Å². The summed E-state index contributed by atoms with van der Waals surface area (Å²) in [6.45, 7) is 0.264. The number of anilines is 1. The lowest BCUT2D eigenvalue weighted by Crippen LogP contribution is -2.02. The molecule has 0 unspecified atom stereocenters. The molecule has 0 aliphatic heterocycles. The Labute approximate surface area is 115 Å². The molecule has 2 rings (SSSR count). The Morgan fingerprint density at radius 1 is 1.26 bits per heavy atom. The maximum Gasteiger partial charge on any atom is 0.142 e. The SMILES string of the molecule is COc1ccc(Cl)cc1NCc1cc(F)ccc1O. The predicted molar refractivity (Wildman–Crippen MR) is 73.4 cm³/mol. The molecule has 0 heterocycles. The van der Waals surface area contributed by atoms with Crippen molar-refractivity contribution in [2.75, 3.05) is 12.4 Å². The number of ether oxygens (including phenoxy) is 1. The maximum atomic E-state index is 13.1. The van der Waals surface area contributed by atoms with Crippen molar-refractivity contribution in [3.05, 3.63) is 52.8 Å². The van der Waals surface area contributed by atoms with Gasteiger partial charge >= 0.3 is 0 Å². The zero-order valence-electron chi connectivity index (χ0n) is 10.3.